The zero-order valence-electron chi connectivity index (χ0n) is 10.7. The average Bonchev–Trinajstić information content (AvgIpc) is 2.33. The summed E-state index contributed by atoms with van der Waals surface area (Å²) in [6.07, 6.45) is 1.05. The molecule has 0 radical (unpaired) electrons. The predicted octanol–water partition coefficient (Wildman–Crippen LogP) is 3.90. The van der Waals surface area contributed by atoms with E-state index < -0.39 is 0 Å². The molecule has 1 N–H and O–H groups in total. The Bertz CT molecular complexity index is 384. The van der Waals surface area contributed by atoms with Gasteiger partial charge in [-0.3, -0.25) is 0 Å². The number of hydrogen-bond donors (Lipinski definition) is 1. The molecule has 0 bridgehead atoms. The molecule has 0 fully saturated rings. The van der Waals surface area contributed by atoms with Crippen LogP contribution in [0.25, 0.3) is 0 Å². The summed E-state index contributed by atoms with van der Waals surface area (Å²) >= 11 is 3.22. The molecule has 2 unspecified atom stereocenters. The summed E-state index contributed by atoms with van der Waals surface area (Å²) in [7, 11) is 3.48. The quantitative estimate of drug-likeness (QED) is 0.890. The molecule has 0 saturated heterocycles. The van der Waals surface area contributed by atoms with E-state index in [-0.39, 0.29) is 11.9 Å². The summed E-state index contributed by atoms with van der Waals surface area (Å²) in [5.41, 5.74) is 0.984. The van der Waals surface area contributed by atoms with Crippen LogP contribution in [0.3, 0.4) is 0 Å². The maximum absolute atomic E-state index is 13.4. The van der Waals surface area contributed by atoms with Crippen molar-refractivity contribution in [2.75, 3.05) is 14.2 Å². The second-order valence-corrected chi connectivity index (χ2v) is 5.01. The molecule has 0 aliphatic heterocycles. The highest BCUT2D eigenvalue weighted by Gasteiger charge is 2.21. The van der Waals surface area contributed by atoms with Gasteiger partial charge in [0.15, 0.2) is 0 Å². The van der Waals surface area contributed by atoms with Crippen LogP contribution in [-0.2, 0) is 0 Å². The summed E-state index contributed by atoms with van der Waals surface area (Å²) in [6.45, 7) is 4.30. The third kappa shape index (κ3) is 3.19. The van der Waals surface area contributed by atoms with E-state index in [0.29, 0.717) is 16.1 Å². The van der Waals surface area contributed by atoms with Gasteiger partial charge in [0, 0.05) is 17.7 Å². The summed E-state index contributed by atoms with van der Waals surface area (Å²) in [4.78, 5) is 0. The maximum atomic E-state index is 13.4. The molecule has 0 aliphatic rings. The van der Waals surface area contributed by atoms with Crippen LogP contribution >= 0.6 is 15.9 Å². The Morgan fingerprint density at radius 1 is 1.47 bits per heavy atom. The second kappa shape index (κ2) is 6.36. The minimum Gasteiger partial charge on any atom is -0.496 e. The van der Waals surface area contributed by atoms with Crippen LogP contribution in [0.4, 0.5) is 4.39 Å². The van der Waals surface area contributed by atoms with Crippen LogP contribution in [0.2, 0.25) is 0 Å². The summed E-state index contributed by atoms with van der Waals surface area (Å²) in [5, 5.41) is 3.27. The SMILES string of the molecule is CCC(C)C(NC)c1cc(Br)c(F)cc1OC. The van der Waals surface area contributed by atoms with Crippen molar-refractivity contribution >= 4 is 15.9 Å². The van der Waals surface area contributed by atoms with Gasteiger partial charge in [-0.05, 0) is 35.0 Å². The number of rotatable bonds is 5. The standard InChI is InChI=1S/C13H19BrFNO/c1-5-8(2)13(16-3)9-6-10(14)11(15)7-12(9)17-4/h6-8,13,16H,5H2,1-4H3. The van der Waals surface area contributed by atoms with Crippen LogP contribution < -0.4 is 10.1 Å². The average molecular weight is 304 g/mol. The van der Waals surface area contributed by atoms with Gasteiger partial charge >= 0.3 is 0 Å². The van der Waals surface area contributed by atoms with Crippen LogP contribution in [-0.4, -0.2) is 14.2 Å². The first-order valence-electron chi connectivity index (χ1n) is 5.75. The number of halogens is 2. The Hall–Kier alpha value is -0.610. The van der Waals surface area contributed by atoms with E-state index in [1.807, 2.05) is 7.05 Å². The topological polar surface area (TPSA) is 21.3 Å². The fourth-order valence-electron chi connectivity index (χ4n) is 1.95. The third-order valence-electron chi connectivity index (χ3n) is 3.13. The normalized spacial score (nSPS) is 14.5. The highest BCUT2D eigenvalue weighted by Crippen LogP contribution is 2.34. The Kier molecular flexibility index (Phi) is 5.40. The van der Waals surface area contributed by atoms with E-state index in [0.717, 1.165) is 12.0 Å². The summed E-state index contributed by atoms with van der Waals surface area (Å²) in [5.74, 6) is 0.737. The van der Waals surface area contributed by atoms with Crippen LogP contribution in [0.5, 0.6) is 5.75 Å². The van der Waals surface area contributed by atoms with Crippen molar-refractivity contribution in [1.29, 1.82) is 0 Å². The highest BCUT2D eigenvalue weighted by atomic mass is 79.9. The van der Waals surface area contributed by atoms with Gasteiger partial charge in [0.1, 0.15) is 11.6 Å². The molecule has 0 spiro atoms. The summed E-state index contributed by atoms with van der Waals surface area (Å²) < 4.78 is 19.2. The van der Waals surface area contributed by atoms with E-state index in [9.17, 15) is 4.39 Å². The molecule has 0 amide bonds. The predicted molar refractivity (Wildman–Crippen MR) is 71.9 cm³/mol. The Balaban J connectivity index is 3.22. The fraction of sp³-hybridized carbons (Fsp3) is 0.538. The van der Waals surface area contributed by atoms with Crippen molar-refractivity contribution in [1.82, 2.24) is 5.32 Å². The largest absolute Gasteiger partial charge is 0.496 e. The smallest absolute Gasteiger partial charge is 0.141 e. The van der Waals surface area contributed by atoms with Gasteiger partial charge in [0.2, 0.25) is 0 Å². The van der Waals surface area contributed by atoms with Crippen molar-refractivity contribution in [2.45, 2.75) is 26.3 Å². The Labute approximate surface area is 111 Å². The molecular weight excluding hydrogens is 285 g/mol. The van der Waals surface area contributed by atoms with Crippen LogP contribution in [0.1, 0.15) is 31.9 Å². The zero-order chi connectivity index (χ0) is 13.0. The molecule has 96 valence electrons. The maximum Gasteiger partial charge on any atom is 0.141 e. The van der Waals surface area contributed by atoms with Gasteiger partial charge in [-0.2, -0.15) is 0 Å². The lowest BCUT2D eigenvalue weighted by molar-refractivity contribution is 0.362. The molecule has 1 aromatic carbocycles. The molecule has 1 rings (SSSR count). The number of ether oxygens (including phenoxy) is 1. The van der Waals surface area contributed by atoms with Gasteiger partial charge in [-0.25, -0.2) is 4.39 Å². The molecule has 17 heavy (non-hydrogen) atoms. The van der Waals surface area contributed by atoms with E-state index in [1.54, 1.807) is 13.2 Å². The van der Waals surface area contributed by atoms with E-state index in [4.69, 9.17) is 4.74 Å². The molecule has 2 nitrogen and oxygen atoms in total. The second-order valence-electron chi connectivity index (χ2n) is 4.16. The first-order chi connectivity index (χ1) is 8.04. The van der Waals surface area contributed by atoms with Crippen LogP contribution in [0, 0.1) is 11.7 Å². The van der Waals surface area contributed by atoms with Crippen molar-refractivity contribution in [3.63, 3.8) is 0 Å². The van der Waals surface area contributed by atoms with Gasteiger partial charge in [-0.1, -0.05) is 20.3 Å². The van der Waals surface area contributed by atoms with Gasteiger partial charge in [-0.15, -0.1) is 0 Å². The highest BCUT2D eigenvalue weighted by molar-refractivity contribution is 9.10. The van der Waals surface area contributed by atoms with Crippen molar-refractivity contribution < 1.29 is 9.13 Å². The van der Waals surface area contributed by atoms with E-state index >= 15 is 0 Å². The van der Waals surface area contributed by atoms with Crippen molar-refractivity contribution in [3.05, 3.63) is 28.0 Å². The third-order valence-corrected chi connectivity index (χ3v) is 3.74. The molecule has 4 heteroatoms. The minimum absolute atomic E-state index is 0.159. The minimum atomic E-state index is -0.301. The zero-order valence-corrected chi connectivity index (χ0v) is 12.3. The van der Waals surface area contributed by atoms with Crippen molar-refractivity contribution in [3.8, 4) is 5.75 Å². The van der Waals surface area contributed by atoms with Crippen LogP contribution in [0.15, 0.2) is 16.6 Å². The van der Waals surface area contributed by atoms with E-state index in [1.165, 1.54) is 6.07 Å². The molecule has 0 aliphatic carbocycles. The molecule has 1 aromatic rings. The summed E-state index contributed by atoms with van der Waals surface area (Å²) in [6, 6.07) is 3.38. The fourth-order valence-corrected chi connectivity index (χ4v) is 2.31. The van der Waals surface area contributed by atoms with Gasteiger partial charge in [0.05, 0.1) is 11.6 Å². The number of methoxy groups -OCH3 is 1. The molecule has 0 heterocycles. The Morgan fingerprint density at radius 2 is 2.12 bits per heavy atom. The number of benzene rings is 1. The first kappa shape index (κ1) is 14.5. The molecule has 0 aromatic heterocycles. The number of nitrogens with one attached hydrogen (secondary N) is 1. The lowest BCUT2D eigenvalue weighted by Gasteiger charge is -2.25. The molecule has 0 saturated carbocycles. The first-order valence-corrected chi connectivity index (χ1v) is 6.54. The molecular formula is C13H19BrFNO. The molecule has 2 atom stereocenters. The number of hydrogen-bond acceptors (Lipinski definition) is 2. The monoisotopic (exact) mass is 303 g/mol. The van der Waals surface area contributed by atoms with Gasteiger partial charge in [0.25, 0.3) is 0 Å². The van der Waals surface area contributed by atoms with Gasteiger partial charge < -0.3 is 10.1 Å². The van der Waals surface area contributed by atoms with E-state index in [2.05, 4.69) is 35.1 Å². The lowest BCUT2D eigenvalue weighted by Crippen LogP contribution is -2.23. The van der Waals surface area contributed by atoms with Crippen molar-refractivity contribution in [2.24, 2.45) is 5.92 Å². The lowest BCUT2D eigenvalue weighted by atomic mass is 9.92. The Morgan fingerprint density at radius 3 is 2.59 bits per heavy atom.